The molecule has 0 aliphatic heterocycles. The fourth-order valence-electron chi connectivity index (χ4n) is 2.19. The molecule has 0 aliphatic rings. The Labute approximate surface area is 143 Å². The van der Waals surface area contributed by atoms with Crippen molar-refractivity contribution in [3.63, 3.8) is 0 Å². The molecule has 0 unspecified atom stereocenters. The summed E-state index contributed by atoms with van der Waals surface area (Å²) in [5.41, 5.74) is 1.58. The van der Waals surface area contributed by atoms with Crippen molar-refractivity contribution in [2.45, 2.75) is 12.1 Å². The Morgan fingerprint density at radius 1 is 1.13 bits per heavy atom. The van der Waals surface area contributed by atoms with Crippen molar-refractivity contribution in [2.75, 3.05) is 5.75 Å². The van der Waals surface area contributed by atoms with Gasteiger partial charge in [0.2, 0.25) is 0 Å². The van der Waals surface area contributed by atoms with Crippen LogP contribution in [0.1, 0.15) is 16.2 Å². The summed E-state index contributed by atoms with van der Waals surface area (Å²) in [4.78, 5) is 12.2. The molecule has 0 saturated carbocycles. The van der Waals surface area contributed by atoms with E-state index in [-0.39, 0.29) is 5.78 Å². The van der Waals surface area contributed by atoms with Crippen molar-refractivity contribution in [1.82, 2.24) is 14.8 Å². The van der Waals surface area contributed by atoms with Crippen LogP contribution >= 0.6 is 23.4 Å². The molecule has 0 radical (unpaired) electrons. The number of hydrogen-bond acceptors (Lipinski definition) is 4. The molecular weight excluding hydrogens is 330 g/mol. The van der Waals surface area contributed by atoms with Crippen LogP contribution in [-0.2, 0) is 0 Å². The fourth-order valence-corrected chi connectivity index (χ4v) is 3.26. The van der Waals surface area contributed by atoms with Crippen molar-refractivity contribution in [3.05, 3.63) is 71.0 Å². The molecule has 6 heteroatoms. The van der Waals surface area contributed by atoms with Crippen LogP contribution in [0.2, 0.25) is 5.02 Å². The third-order valence-corrected chi connectivity index (χ3v) is 4.45. The van der Waals surface area contributed by atoms with Gasteiger partial charge in [-0.15, -0.1) is 10.2 Å². The van der Waals surface area contributed by atoms with Crippen LogP contribution in [0, 0.1) is 6.92 Å². The number of Topliss-reactive ketones (excluding diaryl/α,β-unsaturated/α-hetero) is 1. The molecule has 23 heavy (non-hydrogen) atoms. The van der Waals surface area contributed by atoms with E-state index >= 15 is 0 Å². The highest BCUT2D eigenvalue weighted by atomic mass is 35.5. The van der Waals surface area contributed by atoms with Gasteiger partial charge in [-0.3, -0.25) is 9.36 Å². The first-order valence-electron chi connectivity index (χ1n) is 7.04. The largest absolute Gasteiger partial charge is 0.293 e. The average molecular weight is 344 g/mol. The van der Waals surface area contributed by atoms with Crippen molar-refractivity contribution in [3.8, 4) is 5.69 Å². The molecule has 0 spiro atoms. The van der Waals surface area contributed by atoms with Crippen LogP contribution in [0.5, 0.6) is 0 Å². The van der Waals surface area contributed by atoms with Gasteiger partial charge in [0, 0.05) is 10.6 Å². The molecule has 0 N–H and O–H groups in total. The molecule has 0 atom stereocenters. The number of aryl methyl sites for hydroxylation is 1. The third kappa shape index (κ3) is 3.63. The van der Waals surface area contributed by atoms with Gasteiger partial charge in [-0.05, 0) is 25.1 Å². The second-order valence-electron chi connectivity index (χ2n) is 4.92. The van der Waals surface area contributed by atoms with E-state index in [1.165, 1.54) is 11.8 Å². The maximum absolute atomic E-state index is 12.2. The van der Waals surface area contributed by atoms with Crippen LogP contribution in [-0.4, -0.2) is 26.3 Å². The number of ketones is 1. The fraction of sp³-hybridized carbons (Fsp3) is 0.118. The van der Waals surface area contributed by atoms with E-state index in [0.717, 1.165) is 11.5 Å². The molecule has 0 fully saturated rings. The Kier molecular flexibility index (Phi) is 4.79. The van der Waals surface area contributed by atoms with Crippen molar-refractivity contribution < 1.29 is 4.79 Å². The highest BCUT2D eigenvalue weighted by Crippen LogP contribution is 2.24. The molecule has 3 aromatic rings. The zero-order valence-electron chi connectivity index (χ0n) is 12.4. The van der Waals surface area contributed by atoms with Crippen molar-refractivity contribution >= 4 is 29.1 Å². The van der Waals surface area contributed by atoms with Crippen LogP contribution in [0.4, 0.5) is 0 Å². The normalized spacial score (nSPS) is 10.7. The Morgan fingerprint density at radius 2 is 1.91 bits per heavy atom. The van der Waals surface area contributed by atoms with E-state index < -0.39 is 0 Å². The van der Waals surface area contributed by atoms with E-state index in [2.05, 4.69) is 10.2 Å². The number of carbonyl (C=O) groups is 1. The van der Waals surface area contributed by atoms with Crippen LogP contribution in [0.3, 0.4) is 0 Å². The Morgan fingerprint density at radius 3 is 2.65 bits per heavy atom. The van der Waals surface area contributed by atoms with Gasteiger partial charge < -0.3 is 0 Å². The Balaban J connectivity index is 1.81. The first-order chi connectivity index (χ1) is 11.1. The molecule has 0 saturated heterocycles. The summed E-state index contributed by atoms with van der Waals surface area (Å²) in [6.07, 6.45) is 0. The second kappa shape index (κ2) is 6.98. The van der Waals surface area contributed by atoms with E-state index in [1.54, 1.807) is 0 Å². The van der Waals surface area contributed by atoms with Gasteiger partial charge in [-0.25, -0.2) is 0 Å². The predicted octanol–water partition coefficient (Wildman–Crippen LogP) is 4.20. The van der Waals surface area contributed by atoms with Gasteiger partial charge in [0.05, 0.1) is 11.4 Å². The van der Waals surface area contributed by atoms with Gasteiger partial charge in [-0.1, -0.05) is 59.8 Å². The summed E-state index contributed by atoms with van der Waals surface area (Å²) >= 11 is 7.43. The number of nitrogens with zero attached hydrogens (tertiary/aromatic N) is 3. The molecular formula is C17H14ClN3OS. The number of carbonyl (C=O) groups excluding carboxylic acids is 1. The number of aromatic nitrogens is 3. The molecule has 1 heterocycles. The zero-order valence-corrected chi connectivity index (χ0v) is 14.0. The minimum absolute atomic E-state index is 0.0638. The highest BCUT2D eigenvalue weighted by molar-refractivity contribution is 7.99. The smallest absolute Gasteiger partial charge is 0.196 e. The van der Waals surface area contributed by atoms with E-state index in [1.807, 2.05) is 66.1 Å². The van der Waals surface area contributed by atoms with Crippen LogP contribution < -0.4 is 0 Å². The van der Waals surface area contributed by atoms with Gasteiger partial charge in [0.25, 0.3) is 0 Å². The summed E-state index contributed by atoms with van der Waals surface area (Å²) < 4.78 is 1.90. The summed E-state index contributed by atoms with van der Waals surface area (Å²) in [7, 11) is 0. The lowest BCUT2D eigenvalue weighted by Gasteiger charge is -2.08. The van der Waals surface area contributed by atoms with Gasteiger partial charge in [0.15, 0.2) is 10.9 Å². The lowest BCUT2D eigenvalue weighted by Crippen LogP contribution is -2.04. The third-order valence-electron chi connectivity index (χ3n) is 3.29. The van der Waals surface area contributed by atoms with Crippen molar-refractivity contribution in [1.29, 1.82) is 0 Å². The molecule has 0 amide bonds. The average Bonchev–Trinajstić information content (AvgIpc) is 2.94. The second-order valence-corrected chi connectivity index (χ2v) is 6.30. The van der Waals surface area contributed by atoms with E-state index in [0.29, 0.717) is 21.5 Å². The highest BCUT2D eigenvalue weighted by Gasteiger charge is 2.14. The molecule has 116 valence electrons. The minimum atomic E-state index is 0.0638. The van der Waals surface area contributed by atoms with Crippen LogP contribution in [0.15, 0.2) is 59.8 Å². The number of hydrogen-bond donors (Lipinski definition) is 0. The van der Waals surface area contributed by atoms with Crippen LogP contribution in [0.25, 0.3) is 5.69 Å². The first kappa shape index (κ1) is 15.8. The van der Waals surface area contributed by atoms with Gasteiger partial charge >= 0.3 is 0 Å². The molecule has 4 nitrogen and oxygen atoms in total. The summed E-state index contributed by atoms with van der Waals surface area (Å²) in [6, 6.07) is 16.7. The Hall–Kier alpha value is -2.11. The quantitative estimate of drug-likeness (QED) is 0.514. The standard InChI is InChI=1S/C17H14ClN3OS/c1-12-19-20-17(21(12)15-9-5-8-14(18)10-15)23-11-16(22)13-6-3-2-4-7-13/h2-10H,11H2,1H3. The number of halogens is 1. The van der Waals surface area contributed by atoms with E-state index in [4.69, 9.17) is 11.6 Å². The number of thioether (sulfide) groups is 1. The molecule has 3 rings (SSSR count). The number of benzene rings is 2. The monoisotopic (exact) mass is 343 g/mol. The maximum atomic E-state index is 12.2. The zero-order chi connectivity index (χ0) is 16.2. The summed E-state index contributed by atoms with van der Waals surface area (Å²) in [5.74, 6) is 1.12. The molecule has 2 aromatic carbocycles. The predicted molar refractivity (Wildman–Crippen MR) is 92.6 cm³/mol. The summed E-state index contributed by atoms with van der Waals surface area (Å²) in [6.45, 7) is 1.87. The maximum Gasteiger partial charge on any atom is 0.196 e. The minimum Gasteiger partial charge on any atom is -0.293 e. The van der Waals surface area contributed by atoms with Crippen molar-refractivity contribution in [2.24, 2.45) is 0 Å². The topological polar surface area (TPSA) is 47.8 Å². The van der Waals surface area contributed by atoms with E-state index in [9.17, 15) is 4.79 Å². The number of rotatable bonds is 5. The lowest BCUT2D eigenvalue weighted by atomic mass is 10.2. The molecule has 1 aromatic heterocycles. The Bertz CT molecular complexity index is 833. The molecule has 0 aliphatic carbocycles. The summed E-state index contributed by atoms with van der Waals surface area (Å²) in [5, 5.41) is 9.60. The lowest BCUT2D eigenvalue weighted by molar-refractivity contribution is 0.102. The van der Waals surface area contributed by atoms with Gasteiger partial charge in [0.1, 0.15) is 5.82 Å². The van der Waals surface area contributed by atoms with Gasteiger partial charge in [-0.2, -0.15) is 0 Å². The molecule has 0 bridgehead atoms. The SMILES string of the molecule is Cc1nnc(SCC(=O)c2ccccc2)n1-c1cccc(Cl)c1. The first-order valence-corrected chi connectivity index (χ1v) is 8.40.